The van der Waals surface area contributed by atoms with Crippen molar-refractivity contribution in [3.63, 3.8) is 0 Å². The van der Waals surface area contributed by atoms with Crippen LogP contribution in [0.25, 0.3) is 0 Å². The van der Waals surface area contributed by atoms with E-state index in [1.165, 1.54) is 18.4 Å². The average Bonchev–Trinajstić information content (AvgIpc) is 3.27. The SMILES string of the molecule is CCCNC(=O)CC(c1ccc(OC)c(C)c1)C1CC1. The van der Waals surface area contributed by atoms with Crippen molar-refractivity contribution in [2.75, 3.05) is 13.7 Å². The first-order valence-corrected chi connectivity index (χ1v) is 7.57. The van der Waals surface area contributed by atoms with Crippen molar-refractivity contribution in [2.45, 2.75) is 45.4 Å². The Morgan fingerprint density at radius 3 is 2.75 bits per heavy atom. The Hall–Kier alpha value is -1.51. The molecular formula is C17H25NO2. The first-order valence-electron chi connectivity index (χ1n) is 7.57. The number of hydrogen-bond donors (Lipinski definition) is 1. The molecule has 1 N–H and O–H groups in total. The van der Waals surface area contributed by atoms with Gasteiger partial charge in [0.25, 0.3) is 0 Å². The van der Waals surface area contributed by atoms with Crippen molar-refractivity contribution in [3.8, 4) is 5.75 Å². The fraction of sp³-hybridized carbons (Fsp3) is 0.588. The van der Waals surface area contributed by atoms with Crippen LogP contribution in [0.4, 0.5) is 0 Å². The van der Waals surface area contributed by atoms with Gasteiger partial charge in [0.1, 0.15) is 5.75 Å². The highest BCUT2D eigenvalue weighted by atomic mass is 16.5. The van der Waals surface area contributed by atoms with Crippen LogP contribution in [-0.4, -0.2) is 19.6 Å². The Morgan fingerprint density at radius 1 is 1.45 bits per heavy atom. The number of nitrogens with one attached hydrogen (secondary N) is 1. The van der Waals surface area contributed by atoms with Crippen molar-refractivity contribution in [3.05, 3.63) is 29.3 Å². The van der Waals surface area contributed by atoms with Crippen molar-refractivity contribution >= 4 is 5.91 Å². The number of rotatable bonds is 7. The highest BCUT2D eigenvalue weighted by Gasteiger charge is 2.33. The second kappa shape index (κ2) is 6.78. The molecule has 1 aliphatic rings. The minimum absolute atomic E-state index is 0.178. The van der Waals surface area contributed by atoms with Gasteiger partial charge in [-0.1, -0.05) is 19.1 Å². The maximum Gasteiger partial charge on any atom is 0.220 e. The summed E-state index contributed by atoms with van der Waals surface area (Å²) < 4.78 is 5.31. The lowest BCUT2D eigenvalue weighted by molar-refractivity contribution is -0.121. The van der Waals surface area contributed by atoms with Crippen LogP contribution < -0.4 is 10.1 Å². The predicted octanol–water partition coefficient (Wildman–Crippen LogP) is 3.41. The van der Waals surface area contributed by atoms with Crippen LogP contribution in [-0.2, 0) is 4.79 Å². The molecule has 0 aliphatic heterocycles. The molecule has 1 aliphatic carbocycles. The summed E-state index contributed by atoms with van der Waals surface area (Å²) in [6, 6.07) is 6.31. The van der Waals surface area contributed by atoms with Gasteiger partial charge in [0.15, 0.2) is 0 Å². The number of methoxy groups -OCH3 is 1. The molecule has 3 heteroatoms. The Kier molecular flexibility index (Phi) is 5.05. The van der Waals surface area contributed by atoms with E-state index in [1.807, 2.05) is 6.07 Å². The van der Waals surface area contributed by atoms with Crippen molar-refractivity contribution in [2.24, 2.45) is 5.92 Å². The quantitative estimate of drug-likeness (QED) is 0.828. The zero-order valence-corrected chi connectivity index (χ0v) is 12.7. The van der Waals surface area contributed by atoms with E-state index in [4.69, 9.17) is 4.74 Å². The molecule has 2 rings (SSSR count). The number of aryl methyl sites for hydroxylation is 1. The van der Waals surface area contributed by atoms with Crippen molar-refractivity contribution in [1.82, 2.24) is 5.32 Å². The monoisotopic (exact) mass is 275 g/mol. The third-order valence-electron chi connectivity index (χ3n) is 4.02. The van der Waals surface area contributed by atoms with Gasteiger partial charge < -0.3 is 10.1 Å². The molecule has 0 saturated heterocycles. The molecule has 0 spiro atoms. The van der Waals surface area contributed by atoms with Crippen LogP contribution in [0.15, 0.2) is 18.2 Å². The van der Waals surface area contributed by atoms with Gasteiger partial charge in [-0.15, -0.1) is 0 Å². The summed E-state index contributed by atoms with van der Waals surface area (Å²) in [4.78, 5) is 12.0. The minimum Gasteiger partial charge on any atom is -0.496 e. The molecule has 0 heterocycles. The lowest BCUT2D eigenvalue weighted by Crippen LogP contribution is -2.26. The summed E-state index contributed by atoms with van der Waals surface area (Å²) in [6.07, 6.45) is 4.09. The lowest BCUT2D eigenvalue weighted by Gasteiger charge is -2.18. The normalized spacial score (nSPS) is 15.8. The molecule has 1 fully saturated rings. The van der Waals surface area contributed by atoms with Crippen LogP contribution in [0, 0.1) is 12.8 Å². The standard InChI is InChI=1S/C17H25NO2/c1-4-9-18-17(19)11-15(13-5-6-13)14-7-8-16(20-3)12(2)10-14/h7-8,10,13,15H,4-6,9,11H2,1-3H3,(H,18,19). The second-order valence-corrected chi connectivity index (χ2v) is 5.73. The highest BCUT2D eigenvalue weighted by Crippen LogP contribution is 2.45. The van der Waals surface area contributed by atoms with Gasteiger partial charge in [0.2, 0.25) is 5.91 Å². The zero-order valence-electron chi connectivity index (χ0n) is 12.7. The minimum atomic E-state index is 0.178. The number of hydrogen-bond acceptors (Lipinski definition) is 2. The first-order chi connectivity index (χ1) is 9.65. The Bertz CT molecular complexity index is 466. The molecule has 1 aromatic carbocycles. The maximum atomic E-state index is 12.0. The third kappa shape index (κ3) is 3.75. The Balaban J connectivity index is 2.08. The molecule has 0 radical (unpaired) electrons. The molecule has 1 atom stereocenters. The summed E-state index contributed by atoms with van der Waals surface area (Å²) in [5.41, 5.74) is 2.42. The van der Waals surface area contributed by atoms with Crippen molar-refractivity contribution in [1.29, 1.82) is 0 Å². The summed E-state index contributed by atoms with van der Waals surface area (Å²) in [5.74, 6) is 2.13. The lowest BCUT2D eigenvalue weighted by atomic mass is 9.89. The van der Waals surface area contributed by atoms with E-state index in [2.05, 4.69) is 31.3 Å². The van der Waals surface area contributed by atoms with Crippen LogP contribution >= 0.6 is 0 Å². The number of benzene rings is 1. The zero-order chi connectivity index (χ0) is 14.5. The number of ether oxygens (including phenoxy) is 1. The van der Waals surface area contributed by atoms with E-state index in [1.54, 1.807) is 7.11 Å². The molecule has 1 saturated carbocycles. The van der Waals surface area contributed by atoms with Gasteiger partial charge in [-0.2, -0.15) is 0 Å². The summed E-state index contributed by atoms with van der Waals surface area (Å²) in [7, 11) is 1.69. The number of amides is 1. The predicted molar refractivity (Wildman–Crippen MR) is 81.1 cm³/mol. The van der Waals surface area contributed by atoms with Gasteiger partial charge >= 0.3 is 0 Å². The summed E-state index contributed by atoms with van der Waals surface area (Å²) in [6.45, 7) is 4.91. The Labute approximate surface area is 121 Å². The fourth-order valence-electron chi connectivity index (χ4n) is 2.72. The molecular weight excluding hydrogens is 250 g/mol. The average molecular weight is 275 g/mol. The molecule has 20 heavy (non-hydrogen) atoms. The van der Waals surface area contributed by atoms with E-state index in [9.17, 15) is 4.79 Å². The first kappa shape index (κ1) is 14.9. The van der Waals surface area contributed by atoms with Crippen molar-refractivity contribution < 1.29 is 9.53 Å². The van der Waals surface area contributed by atoms with E-state index in [0.29, 0.717) is 18.3 Å². The van der Waals surface area contributed by atoms with Crippen LogP contribution in [0.5, 0.6) is 5.75 Å². The van der Waals surface area contributed by atoms with E-state index in [0.717, 1.165) is 24.3 Å². The summed E-state index contributed by atoms with van der Waals surface area (Å²) in [5, 5.41) is 2.99. The van der Waals surface area contributed by atoms with E-state index < -0.39 is 0 Å². The summed E-state index contributed by atoms with van der Waals surface area (Å²) >= 11 is 0. The smallest absolute Gasteiger partial charge is 0.220 e. The third-order valence-corrected chi connectivity index (χ3v) is 4.02. The number of carbonyl (C=O) groups excluding carboxylic acids is 1. The molecule has 1 aromatic rings. The van der Waals surface area contributed by atoms with Gasteiger partial charge in [-0.3, -0.25) is 4.79 Å². The van der Waals surface area contributed by atoms with E-state index >= 15 is 0 Å². The van der Waals surface area contributed by atoms with Crippen LogP contribution in [0.2, 0.25) is 0 Å². The highest BCUT2D eigenvalue weighted by molar-refractivity contribution is 5.77. The molecule has 0 bridgehead atoms. The molecule has 110 valence electrons. The topological polar surface area (TPSA) is 38.3 Å². The van der Waals surface area contributed by atoms with Gasteiger partial charge in [0, 0.05) is 13.0 Å². The molecule has 3 nitrogen and oxygen atoms in total. The maximum absolute atomic E-state index is 12.0. The number of carbonyl (C=O) groups is 1. The Morgan fingerprint density at radius 2 is 2.20 bits per heavy atom. The molecule has 0 aromatic heterocycles. The second-order valence-electron chi connectivity index (χ2n) is 5.73. The van der Waals surface area contributed by atoms with Crippen LogP contribution in [0.3, 0.4) is 0 Å². The fourth-order valence-corrected chi connectivity index (χ4v) is 2.72. The van der Waals surface area contributed by atoms with E-state index in [-0.39, 0.29) is 5.91 Å². The molecule has 1 unspecified atom stereocenters. The van der Waals surface area contributed by atoms with Gasteiger partial charge in [-0.25, -0.2) is 0 Å². The van der Waals surface area contributed by atoms with Gasteiger partial charge in [-0.05, 0) is 55.2 Å². The van der Waals surface area contributed by atoms with Gasteiger partial charge in [0.05, 0.1) is 7.11 Å². The largest absolute Gasteiger partial charge is 0.496 e. The molecule has 1 amide bonds. The van der Waals surface area contributed by atoms with Crippen LogP contribution in [0.1, 0.15) is 49.7 Å².